The van der Waals surface area contributed by atoms with Gasteiger partial charge in [0.15, 0.2) is 0 Å². The van der Waals surface area contributed by atoms with Crippen LogP contribution in [0.25, 0.3) is 80.8 Å². The van der Waals surface area contributed by atoms with E-state index in [-0.39, 0.29) is 11.4 Å². The van der Waals surface area contributed by atoms with Crippen LogP contribution < -0.4 is 4.90 Å². The van der Waals surface area contributed by atoms with Crippen molar-refractivity contribution < 1.29 is 9.85 Å². The molecule has 0 saturated carbocycles. The molecule has 11 nitrogen and oxygen atoms in total. The minimum atomic E-state index is -0.405. The quantitative estimate of drug-likeness (QED) is 0.0831. The van der Waals surface area contributed by atoms with Gasteiger partial charge in [-0.15, -0.1) is 0 Å². The van der Waals surface area contributed by atoms with E-state index in [2.05, 4.69) is 136 Å². The monoisotopic (exact) mass is 975 g/mol. The van der Waals surface area contributed by atoms with Crippen LogP contribution in [-0.2, 0) is 0 Å². The number of nitro groups is 2. The van der Waals surface area contributed by atoms with Gasteiger partial charge < -0.3 is 14.9 Å². The summed E-state index contributed by atoms with van der Waals surface area (Å²) in [4.78, 5) is 42.4. The van der Waals surface area contributed by atoms with Crippen LogP contribution >= 0.6 is 22.6 Å². The first-order valence-corrected chi connectivity index (χ1v) is 22.2. The first-order chi connectivity index (χ1) is 32.1. The van der Waals surface area contributed by atoms with Gasteiger partial charge in [0.1, 0.15) is 0 Å². The normalized spacial score (nSPS) is 11.9. The number of benzene rings is 5. The highest BCUT2D eigenvalue weighted by Crippen LogP contribution is 2.38. The van der Waals surface area contributed by atoms with E-state index in [1.54, 1.807) is 24.3 Å². The summed E-state index contributed by atoms with van der Waals surface area (Å²) in [6.07, 6.45) is 12.0. The zero-order chi connectivity index (χ0) is 45.5. The lowest BCUT2D eigenvalue weighted by Crippen LogP contribution is -2.09. The van der Waals surface area contributed by atoms with E-state index < -0.39 is 9.85 Å². The molecule has 0 unspecified atom stereocenters. The predicted molar refractivity (Wildman–Crippen MR) is 275 cm³/mol. The van der Waals surface area contributed by atoms with Crippen molar-refractivity contribution in [1.29, 1.82) is 0 Å². The maximum atomic E-state index is 11.6. The van der Waals surface area contributed by atoms with Crippen LogP contribution in [0, 0.1) is 37.6 Å². The molecule has 10 rings (SSSR count). The molecule has 2 aliphatic rings. The second-order valence-electron chi connectivity index (χ2n) is 16.0. The van der Waals surface area contributed by atoms with E-state index in [1.165, 1.54) is 35.4 Å². The van der Waals surface area contributed by atoms with Gasteiger partial charge in [-0.1, -0.05) is 59.7 Å². The Labute approximate surface area is 392 Å². The molecule has 2 N–H and O–H groups in total. The molecular formula is C54H38IN7O4. The van der Waals surface area contributed by atoms with Crippen LogP contribution in [0.1, 0.15) is 45.0 Å². The minimum Gasteiger partial charge on any atom is -0.354 e. The number of hydrogen-bond acceptors (Lipinski definition) is 7. The molecule has 0 amide bonds. The summed E-state index contributed by atoms with van der Waals surface area (Å²) in [7, 11) is 0. The van der Waals surface area contributed by atoms with Gasteiger partial charge in [0, 0.05) is 74.6 Å². The number of aromatic amines is 2. The van der Waals surface area contributed by atoms with Gasteiger partial charge in [-0.05, 0) is 162 Å². The van der Waals surface area contributed by atoms with Gasteiger partial charge in [0.05, 0.1) is 41.7 Å². The van der Waals surface area contributed by atoms with Crippen molar-refractivity contribution in [1.82, 2.24) is 19.9 Å². The lowest BCUT2D eigenvalue weighted by atomic mass is 10.0. The fraction of sp³-hybridized carbons (Fsp3) is 0.0370. The highest BCUT2D eigenvalue weighted by atomic mass is 127. The van der Waals surface area contributed by atoms with Crippen LogP contribution in [0.3, 0.4) is 0 Å². The molecule has 0 atom stereocenters. The number of halogens is 1. The van der Waals surface area contributed by atoms with Crippen LogP contribution in [0.4, 0.5) is 28.4 Å². The molecule has 0 fully saturated rings. The maximum absolute atomic E-state index is 11.6. The van der Waals surface area contributed by atoms with Crippen LogP contribution in [-0.4, -0.2) is 29.8 Å². The number of hydrogen-bond donors (Lipinski definition) is 2. The molecule has 8 bridgehead atoms. The van der Waals surface area contributed by atoms with Crippen molar-refractivity contribution in [3.63, 3.8) is 0 Å². The Hall–Kier alpha value is -8.23. The second-order valence-corrected chi connectivity index (χ2v) is 17.1. The van der Waals surface area contributed by atoms with Gasteiger partial charge in [-0.25, -0.2) is 9.97 Å². The Kier molecular flexibility index (Phi) is 11.0. The number of nitrogens with one attached hydrogen (secondary N) is 2. The molecule has 0 spiro atoms. The molecule has 2 aliphatic heterocycles. The summed E-state index contributed by atoms with van der Waals surface area (Å²) in [5.41, 5.74) is 16.3. The number of H-pyrrole nitrogens is 2. The fourth-order valence-corrected chi connectivity index (χ4v) is 8.84. The number of rotatable bonds is 9. The summed E-state index contributed by atoms with van der Waals surface area (Å²) in [6.45, 7) is 4.17. The third-order valence-corrected chi connectivity index (χ3v) is 12.8. The van der Waals surface area contributed by atoms with Crippen molar-refractivity contribution in [2.24, 2.45) is 0 Å². The van der Waals surface area contributed by atoms with E-state index in [1.807, 2.05) is 48.6 Å². The van der Waals surface area contributed by atoms with Gasteiger partial charge in [-0.3, -0.25) is 20.2 Å². The van der Waals surface area contributed by atoms with Crippen LogP contribution in [0.15, 0.2) is 146 Å². The predicted octanol–water partition coefficient (Wildman–Crippen LogP) is 14.7. The zero-order valence-corrected chi connectivity index (χ0v) is 37.7. The maximum Gasteiger partial charge on any atom is 0.269 e. The average molecular weight is 976 g/mol. The molecule has 5 aromatic carbocycles. The van der Waals surface area contributed by atoms with E-state index in [0.29, 0.717) is 17.1 Å². The van der Waals surface area contributed by atoms with E-state index in [0.717, 1.165) is 81.8 Å². The number of fused-ring (bicyclic) bond motifs is 8. The standard InChI is InChI=1S/C54H38IN7O4/c1-33-3-14-38(15-4-33)60(39-16-5-34(2)6-17-39)40-18-7-35(8-19-40)9-24-43-44-25-27-46(56-44)52(36-10-20-41(21-11-36)61(63)64)48-29-31-50(58-48)54(55)51-32-30-49(59-51)53(47-28-26-45(43)57-47)37-12-22-42(23-13-37)62(65)66/h3-32,56,59H,1-2H3/b24-9+,44-43?,45-43?,52-46?,52-48?,53-47?,53-49?,54-50?,54-51?. The van der Waals surface area contributed by atoms with Crippen molar-refractivity contribution in [3.8, 4) is 22.3 Å². The molecule has 0 aliphatic carbocycles. The highest BCUT2D eigenvalue weighted by Gasteiger charge is 2.19. The Morgan fingerprint density at radius 1 is 0.485 bits per heavy atom. The molecule has 66 heavy (non-hydrogen) atoms. The van der Waals surface area contributed by atoms with Crippen molar-refractivity contribution in [2.75, 3.05) is 4.90 Å². The SMILES string of the molecule is Cc1ccc(N(c2ccc(C)cc2)c2ccc(/C=C/c3c4nc(c(-c5ccc([N+](=O)[O-])cc5)c5ccc([nH]5)c(I)c5nc(c(-c6ccc([N+](=O)[O-])cc6)c6ccc3[nH]6)C=C5)C=C4)cc2)cc1. The Bertz CT molecular complexity index is 3380. The summed E-state index contributed by atoms with van der Waals surface area (Å²) in [5, 5.41) is 23.3. The summed E-state index contributed by atoms with van der Waals surface area (Å²) < 4.78 is 0.874. The highest BCUT2D eigenvalue weighted by molar-refractivity contribution is 14.1. The number of non-ortho nitro benzene ring substituents is 2. The molecule has 8 aromatic rings. The summed E-state index contributed by atoms with van der Waals surface area (Å²) in [6, 6.07) is 46.5. The number of aryl methyl sites for hydroxylation is 2. The number of nitrogens with zero attached hydrogens (tertiary/aromatic N) is 5. The third kappa shape index (κ3) is 8.21. The molecule has 3 aromatic heterocycles. The molecule has 0 radical (unpaired) electrons. The largest absolute Gasteiger partial charge is 0.354 e. The lowest BCUT2D eigenvalue weighted by Gasteiger charge is -2.25. The van der Waals surface area contributed by atoms with Crippen molar-refractivity contribution in [3.05, 3.63) is 214 Å². The van der Waals surface area contributed by atoms with Crippen molar-refractivity contribution >= 4 is 110 Å². The average Bonchev–Trinajstić information content (AvgIpc) is 4.19. The number of anilines is 3. The number of nitro benzene ring substituents is 2. The smallest absolute Gasteiger partial charge is 0.269 e. The topological polar surface area (TPSA) is 147 Å². The van der Waals surface area contributed by atoms with Gasteiger partial charge in [-0.2, -0.15) is 0 Å². The molecular weight excluding hydrogens is 938 g/mol. The molecule has 320 valence electrons. The third-order valence-electron chi connectivity index (χ3n) is 11.6. The Morgan fingerprint density at radius 2 is 0.894 bits per heavy atom. The Morgan fingerprint density at radius 3 is 1.39 bits per heavy atom. The fourth-order valence-electron chi connectivity index (χ4n) is 8.22. The molecule has 12 heteroatoms. The van der Waals surface area contributed by atoms with E-state index in [9.17, 15) is 20.2 Å². The summed E-state index contributed by atoms with van der Waals surface area (Å²) >= 11 is 2.29. The molecule has 0 saturated heterocycles. The van der Waals surface area contributed by atoms with E-state index in [4.69, 9.17) is 9.97 Å². The first kappa shape index (κ1) is 41.8. The lowest BCUT2D eigenvalue weighted by molar-refractivity contribution is -0.385. The Balaban J connectivity index is 1.17. The zero-order valence-electron chi connectivity index (χ0n) is 35.6. The van der Waals surface area contributed by atoms with Gasteiger partial charge >= 0.3 is 0 Å². The second kappa shape index (κ2) is 17.4. The van der Waals surface area contributed by atoms with Crippen LogP contribution in [0.2, 0.25) is 0 Å². The summed E-state index contributed by atoms with van der Waals surface area (Å²) in [5.74, 6) is 0. The van der Waals surface area contributed by atoms with Gasteiger partial charge in [0.25, 0.3) is 11.4 Å². The minimum absolute atomic E-state index is 0.00361. The van der Waals surface area contributed by atoms with Crippen molar-refractivity contribution in [2.45, 2.75) is 13.8 Å². The van der Waals surface area contributed by atoms with Gasteiger partial charge in [0.2, 0.25) is 0 Å². The van der Waals surface area contributed by atoms with E-state index >= 15 is 0 Å². The number of aromatic nitrogens is 4. The van der Waals surface area contributed by atoms with Crippen LogP contribution in [0.5, 0.6) is 0 Å². The molecule has 5 heterocycles. The first-order valence-electron chi connectivity index (χ1n) is 21.1.